The van der Waals surface area contributed by atoms with Crippen molar-refractivity contribution < 1.29 is 0 Å². The van der Waals surface area contributed by atoms with Crippen molar-refractivity contribution in [2.24, 2.45) is 5.92 Å². The van der Waals surface area contributed by atoms with E-state index < -0.39 is 0 Å². The van der Waals surface area contributed by atoms with Gasteiger partial charge in [-0.05, 0) is 37.8 Å². The molecule has 2 rings (SSSR count). The van der Waals surface area contributed by atoms with Crippen molar-refractivity contribution in [3.63, 3.8) is 0 Å². The Morgan fingerprint density at radius 2 is 1.47 bits per heavy atom. The van der Waals surface area contributed by atoms with Crippen LogP contribution in [0.25, 0.3) is 11.0 Å². The van der Waals surface area contributed by atoms with Crippen molar-refractivity contribution in [1.82, 2.24) is 15.0 Å². The van der Waals surface area contributed by atoms with E-state index in [4.69, 9.17) is 23.2 Å². The van der Waals surface area contributed by atoms with Gasteiger partial charge in [0, 0.05) is 0 Å². The highest BCUT2D eigenvalue weighted by atomic mass is 79.9. The summed E-state index contributed by atoms with van der Waals surface area (Å²) < 4.78 is 1.36. The van der Waals surface area contributed by atoms with E-state index in [2.05, 4.69) is 55.9 Å². The molecule has 7 heteroatoms. The summed E-state index contributed by atoms with van der Waals surface area (Å²) in [7, 11) is 0. The Morgan fingerprint density at radius 1 is 1.06 bits per heavy atom. The van der Waals surface area contributed by atoms with Crippen LogP contribution in [0.1, 0.15) is 13.8 Å². The Hall–Kier alpha value is 0.160. The van der Waals surface area contributed by atoms with E-state index in [1.165, 1.54) is 0 Å². The normalized spacial score (nSPS) is 11.7. The second kappa shape index (κ2) is 5.03. The van der Waals surface area contributed by atoms with Gasteiger partial charge in [-0.25, -0.2) is 0 Å². The summed E-state index contributed by atoms with van der Waals surface area (Å²) in [5, 5.41) is 9.70. The third-order valence-electron chi connectivity index (χ3n) is 2.18. The standard InChI is InChI=1S/C10H9Br2Cl2N3/c1-4(2)3-17-15-9-5(11)7(13)8(14)6(12)10(9)16-17/h4H,3H2,1-2H3. The topological polar surface area (TPSA) is 30.7 Å². The van der Waals surface area contributed by atoms with Crippen LogP contribution in [0, 0.1) is 5.92 Å². The lowest BCUT2D eigenvalue weighted by molar-refractivity contribution is 0.442. The zero-order valence-corrected chi connectivity index (χ0v) is 13.8. The van der Waals surface area contributed by atoms with Crippen LogP contribution in [0.15, 0.2) is 8.95 Å². The maximum Gasteiger partial charge on any atom is 0.130 e. The van der Waals surface area contributed by atoms with Gasteiger partial charge in [-0.1, -0.05) is 37.0 Å². The molecule has 0 saturated carbocycles. The lowest BCUT2D eigenvalue weighted by Crippen LogP contribution is -2.07. The monoisotopic (exact) mass is 399 g/mol. The number of rotatable bonds is 2. The quantitative estimate of drug-likeness (QED) is 0.528. The first-order valence-corrected chi connectivity index (χ1v) is 7.32. The van der Waals surface area contributed by atoms with Crippen LogP contribution in [0.3, 0.4) is 0 Å². The Labute approximate surface area is 126 Å². The molecule has 0 atom stereocenters. The second-order valence-corrected chi connectivity index (χ2v) is 6.44. The van der Waals surface area contributed by atoms with Gasteiger partial charge in [-0.3, -0.25) is 0 Å². The fourth-order valence-electron chi connectivity index (χ4n) is 1.45. The van der Waals surface area contributed by atoms with Gasteiger partial charge in [0.2, 0.25) is 0 Å². The smallest absolute Gasteiger partial charge is 0.130 e. The molecule has 0 N–H and O–H groups in total. The predicted molar refractivity (Wildman–Crippen MR) is 77.8 cm³/mol. The zero-order chi connectivity index (χ0) is 12.7. The molecule has 0 amide bonds. The largest absolute Gasteiger partial charge is 0.183 e. The number of nitrogens with zero attached hydrogens (tertiary/aromatic N) is 3. The van der Waals surface area contributed by atoms with Crippen molar-refractivity contribution in [3.8, 4) is 0 Å². The van der Waals surface area contributed by atoms with Crippen LogP contribution in [0.2, 0.25) is 10.0 Å². The maximum atomic E-state index is 6.09. The third kappa shape index (κ3) is 2.48. The number of benzene rings is 1. The van der Waals surface area contributed by atoms with E-state index in [9.17, 15) is 0 Å². The van der Waals surface area contributed by atoms with Crippen molar-refractivity contribution in [1.29, 1.82) is 0 Å². The summed E-state index contributed by atoms with van der Waals surface area (Å²) in [6, 6.07) is 0. The molecule has 0 aliphatic heterocycles. The number of aromatic nitrogens is 3. The number of hydrogen-bond acceptors (Lipinski definition) is 2. The van der Waals surface area contributed by atoms with Gasteiger partial charge in [0.25, 0.3) is 0 Å². The van der Waals surface area contributed by atoms with Crippen LogP contribution in [-0.4, -0.2) is 15.0 Å². The number of hydrogen-bond donors (Lipinski definition) is 0. The first-order valence-electron chi connectivity index (χ1n) is 4.98. The molecule has 0 unspecified atom stereocenters. The lowest BCUT2D eigenvalue weighted by atomic mass is 10.2. The maximum absolute atomic E-state index is 6.09. The molecule has 0 saturated heterocycles. The third-order valence-corrected chi connectivity index (χ3v) is 5.03. The molecule has 0 bridgehead atoms. The van der Waals surface area contributed by atoms with Gasteiger partial charge >= 0.3 is 0 Å². The van der Waals surface area contributed by atoms with Crippen LogP contribution in [-0.2, 0) is 6.54 Å². The number of fused-ring (bicyclic) bond motifs is 1. The van der Waals surface area contributed by atoms with Gasteiger partial charge in [-0.2, -0.15) is 15.0 Å². The summed E-state index contributed by atoms with van der Waals surface area (Å²) in [6.07, 6.45) is 0. The van der Waals surface area contributed by atoms with E-state index in [1.807, 2.05) is 0 Å². The van der Waals surface area contributed by atoms with Gasteiger partial charge < -0.3 is 0 Å². The predicted octanol–water partition coefficient (Wildman–Crippen LogP) is 4.92. The Balaban J connectivity index is 2.68. The Morgan fingerprint density at radius 3 is 1.82 bits per heavy atom. The van der Waals surface area contributed by atoms with E-state index in [-0.39, 0.29) is 0 Å². The zero-order valence-electron chi connectivity index (χ0n) is 9.14. The molecular weight excluding hydrogens is 393 g/mol. The van der Waals surface area contributed by atoms with Crippen LogP contribution >= 0.6 is 55.1 Å². The highest BCUT2D eigenvalue weighted by molar-refractivity contribution is 9.11. The molecule has 0 fully saturated rings. The Kier molecular flexibility index (Phi) is 4.02. The Bertz CT molecular complexity index is 536. The van der Waals surface area contributed by atoms with E-state index in [0.717, 1.165) is 6.54 Å². The molecule has 0 aliphatic carbocycles. The van der Waals surface area contributed by atoms with Gasteiger partial charge in [0.15, 0.2) is 0 Å². The fourth-order valence-corrected chi connectivity index (χ4v) is 2.98. The van der Waals surface area contributed by atoms with Gasteiger partial charge in [0.05, 0.1) is 25.5 Å². The SMILES string of the molecule is CC(C)Cn1nc2c(Br)c(Cl)c(Cl)c(Br)c2n1. The summed E-state index contributed by atoms with van der Waals surface area (Å²) in [5.74, 6) is 0.473. The minimum absolute atomic E-state index is 0.447. The van der Waals surface area contributed by atoms with E-state index in [0.29, 0.717) is 35.9 Å². The summed E-state index contributed by atoms with van der Waals surface area (Å²) in [5.41, 5.74) is 1.43. The first-order chi connectivity index (χ1) is 7.91. The van der Waals surface area contributed by atoms with Gasteiger partial charge in [-0.15, -0.1) is 0 Å². The lowest BCUT2D eigenvalue weighted by Gasteiger charge is -2.01. The van der Waals surface area contributed by atoms with Crippen LogP contribution in [0.4, 0.5) is 0 Å². The van der Waals surface area contributed by atoms with Crippen molar-refractivity contribution in [3.05, 3.63) is 19.0 Å². The molecule has 17 heavy (non-hydrogen) atoms. The molecule has 0 aliphatic rings. The van der Waals surface area contributed by atoms with Crippen LogP contribution in [0.5, 0.6) is 0 Å². The molecule has 1 aromatic carbocycles. The minimum atomic E-state index is 0.447. The average Bonchev–Trinajstić information content (AvgIpc) is 2.66. The molecule has 1 heterocycles. The second-order valence-electron chi connectivity index (χ2n) is 4.10. The average molecular weight is 402 g/mol. The number of halogens is 4. The minimum Gasteiger partial charge on any atom is -0.183 e. The highest BCUT2D eigenvalue weighted by Gasteiger charge is 2.18. The van der Waals surface area contributed by atoms with Crippen molar-refractivity contribution in [2.45, 2.75) is 20.4 Å². The summed E-state index contributed by atoms with van der Waals surface area (Å²) in [4.78, 5) is 1.66. The van der Waals surface area contributed by atoms with E-state index >= 15 is 0 Å². The summed E-state index contributed by atoms with van der Waals surface area (Å²) >= 11 is 19.0. The van der Waals surface area contributed by atoms with Crippen LogP contribution < -0.4 is 0 Å². The molecule has 0 spiro atoms. The molecule has 2 aromatic rings. The molecule has 3 nitrogen and oxygen atoms in total. The molecular formula is C10H9Br2Cl2N3. The molecule has 0 radical (unpaired) electrons. The first kappa shape index (κ1) is 13.6. The van der Waals surface area contributed by atoms with Crippen molar-refractivity contribution in [2.75, 3.05) is 0 Å². The molecule has 1 aromatic heterocycles. The van der Waals surface area contributed by atoms with E-state index in [1.54, 1.807) is 4.80 Å². The fraction of sp³-hybridized carbons (Fsp3) is 0.400. The van der Waals surface area contributed by atoms with Gasteiger partial charge in [0.1, 0.15) is 11.0 Å². The molecule has 92 valence electrons. The summed E-state index contributed by atoms with van der Waals surface area (Å²) in [6.45, 7) is 4.97. The van der Waals surface area contributed by atoms with Crippen molar-refractivity contribution >= 4 is 66.1 Å². The highest BCUT2D eigenvalue weighted by Crippen LogP contribution is 2.41.